The van der Waals surface area contributed by atoms with E-state index in [1.165, 1.54) is 218 Å². The fraction of sp³-hybridized carbons (Fsp3) is 0.957. The second kappa shape index (κ2) is 37.4. The van der Waals surface area contributed by atoms with E-state index in [1.807, 2.05) is 0 Å². The zero-order chi connectivity index (χ0) is 35.4. The van der Waals surface area contributed by atoms with Crippen LogP contribution in [0.2, 0.25) is 26.0 Å². The molecule has 0 aliphatic carbocycles. The molecular formula is C46H95BSn. The van der Waals surface area contributed by atoms with Gasteiger partial charge in [0.1, 0.15) is 0 Å². The first-order chi connectivity index (χ1) is 23.6. The van der Waals surface area contributed by atoms with Gasteiger partial charge in [0.2, 0.25) is 0 Å². The van der Waals surface area contributed by atoms with Crippen molar-refractivity contribution in [1.82, 2.24) is 0 Å². The molecule has 0 nitrogen and oxygen atoms in total. The molecule has 0 saturated heterocycles. The van der Waals surface area contributed by atoms with Gasteiger partial charge < -0.3 is 0 Å². The molecule has 0 fully saturated rings. The second-order valence-electron chi connectivity index (χ2n) is 16.4. The van der Waals surface area contributed by atoms with Gasteiger partial charge >= 0.3 is 314 Å². The van der Waals surface area contributed by atoms with E-state index in [2.05, 4.69) is 57.5 Å². The maximum atomic E-state index is 2.49. The van der Waals surface area contributed by atoms with Crippen LogP contribution in [0.5, 0.6) is 0 Å². The number of rotatable bonds is 39. The van der Waals surface area contributed by atoms with Crippen LogP contribution < -0.4 is 0 Å². The molecule has 0 rings (SSSR count). The van der Waals surface area contributed by atoms with Crippen molar-refractivity contribution in [3.63, 3.8) is 0 Å². The first-order valence-corrected chi connectivity index (χ1v) is 30.8. The molecule has 0 aromatic rings. The van der Waals surface area contributed by atoms with Gasteiger partial charge in [0, 0.05) is 0 Å². The van der Waals surface area contributed by atoms with E-state index >= 15 is 0 Å². The fourth-order valence-electron chi connectivity index (χ4n) is 8.75. The zero-order valence-corrected chi connectivity index (χ0v) is 38.1. The molecule has 0 aromatic heterocycles. The molecule has 0 spiro atoms. The van der Waals surface area contributed by atoms with Crippen molar-refractivity contribution in [3.05, 3.63) is 9.06 Å². The van der Waals surface area contributed by atoms with Crippen molar-refractivity contribution >= 4 is 25.1 Å². The fourth-order valence-corrected chi connectivity index (χ4v) is 27.2. The molecule has 0 saturated carbocycles. The number of hydrogen-bond acceptors (Lipinski definition) is 0. The summed E-state index contributed by atoms with van der Waals surface area (Å²) in [6.07, 6.45) is 49.8. The van der Waals surface area contributed by atoms with Gasteiger partial charge in [-0.05, 0) is 0 Å². The molecule has 48 heavy (non-hydrogen) atoms. The third-order valence-electron chi connectivity index (χ3n) is 11.9. The van der Waals surface area contributed by atoms with E-state index < -0.39 is 18.4 Å². The summed E-state index contributed by atoms with van der Waals surface area (Å²) in [5.74, 6) is 0. The van der Waals surface area contributed by atoms with E-state index in [9.17, 15) is 0 Å². The van der Waals surface area contributed by atoms with Crippen molar-refractivity contribution in [2.24, 2.45) is 0 Å². The van der Waals surface area contributed by atoms with E-state index in [4.69, 9.17) is 0 Å². The van der Waals surface area contributed by atoms with Gasteiger partial charge in [-0.3, -0.25) is 0 Å². The van der Waals surface area contributed by atoms with Gasteiger partial charge in [-0.25, -0.2) is 0 Å². The summed E-state index contributed by atoms with van der Waals surface area (Å²) in [5, 5.41) is 0. The summed E-state index contributed by atoms with van der Waals surface area (Å²) in [5.41, 5.74) is 2.15. The van der Waals surface area contributed by atoms with Crippen LogP contribution >= 0.6 is 0 Å². The van der Waals surface area contributed by atoms with Crippen molar-refractivity contribution < 1.29 is 0 Å². The minimum absolute atomic E-state index is 0.911. The molecule has 286 valence electrons. The summed E-state index contributed by atoms with van der Waals surface area (Å²) in [7, 11) is 0. The molecule has 0 N–H and O–H groups in total. The van der Waals surface area contributed by atoms with Crippen molar-refractivity contribution in [2.75, 3.05) is 0 Å². The van der Waals surface area contributed by atoms with Gasteiger partial charge in [0.05, 0.1) is 0 Å². The van der Waals surface area contributed by atoms with E-state index in [1.54, 1.807) is 13.3 Å². The molecule has 0 heterocycles. The summed E-state index contributed by atoms with van der Waals surface area (Å²) < 4.78 is 7.32. The number of allylic oxidation sites excluding steroid dienone is 2. The van der Waals surface area contributed by atoms with Crippen LogP contribution in [-0.4, -0.2) is 25.1 Å². The van der Waals surface area contributed by atoms with Crippen LogP contribution in [0.1, 0.15) is 254 Å². The third-order valence-corrected chi connectivity index (χ3v) is 28.4. The molecule has 0 aliphatic heterocycles. The Hall–Kier alpha value is 0.604. The predicted octanol–water partition coefficient (Wildman–Crippen LogP) is 17.9. The standard InChI is InChI=1S/C34H68B.3C4H9.Sn/c1-5-9-13-17-21-23-27-31-34(30-26-22-18-14-10-6-2)35(32-28-24-19-15-11-7-3)33-29-25-20-16-12-8-4;3*1-3-4-2;/h5-30,32-33H2,1-4H3;3*1,3-4H2,2H3;. The van der Waals surface area contributed by atoms with Gasteiger partial charge in [0.15, 0.2) is 0 Å². The Labute approximate surface area is 312 Å². The average Bonchev–Trinajstić information content (AvgIpc) is 3.10. The topological polar surface area (TPSA) is 0 Å². The molecule has 0 aliphatic rings. The van der Waals surface area contributed by atoms with Crippen LogP contribution in [0, 0.1) is 0 Å². The summed E-state index contributed by atoms with van der Waals surface area (Å²) in [6, 6.07) is 0. The summed E-state index contributed by atoms with van der Waals surface area (Å²) in [4.78, 5) is 0. The molecule has 0 amide bonds. The summed E-state index contributed by atoms with van der Waals surface area (Å²) >= 11 is -2.54. The van der Waals surface area contributed by atoms with E-state index in [0.717, 1.165) is 6.71 Å². The molecular weight excluding hydrogens is 682 g/mol. The molecule has 0 unspecified atom stereocenters. The first-order valence-electron chi connectivity index (χ1n) is 23.3. The second-order valence-corrected chi connectivity index (χ2v) is 29.8. The van der Waals surface area contributed by atoms with Crippen LogP contribution in [0.4, 0.5) is 0 Å². The number of unbranched alkanes of at least 4 members (excludes halogenated alkanes) is 23. The third kappa shape index (κ3) is 25.5. The quantitative estimate of drug-likeness (QED) is 0.0431. The molecule has 2 heteroatoms. The Bertz CT molecular complexity index is 631. The average molecular weight is 778 g/mol. The maximum absolute atomic E-state index is 2.54. The Kier molecular flexibility index (Phi) is 37.8. The van der Waals surface area contributed by atoms with E-state index in [0.29, 0.717) is 0 Å². The van der Waals surface area contributed by atoms with Crippen molar-refractivity contribution in [1.29, 1.82) is 0 Å². The summed E-state index contributed by atoms with van der Waals surface area (Å²) in [6.45, 7) is 17.9. The van der Waals surface area contributed by atoms with Crippen LogP contribution in [0.25, 0.3) is 0 Å². The van der Waals surface area contributed by atoms with Crippen LogP contribution in [-0.2, 0) is 0 Å². The normalized spacial score (nSPS) is 12.6. The monoisotopic (exact) mass is 779 g/mol. The number of hydrogen-bond donors (Lipinski definition) is 0. The Morgan fingerprint density at radius 3 is 0.958 bits per heavy atom. The molecule has 0 atom stereocenters. The van der Waals surface area contributed by atoms with Crippen molar-refractivity contribution in [2.45, 2.75) is 280 Å². The van der Waals surface area contributed by atoms with Gasteiger partial charge in [-0.2, -0.15) is 0 Å². The Balaban J connectivity index is 6.79. The minimum atomic E-state index is -2.54. The molecule has 0 radical (unpaired) electrons. The van der Waals surface area contributed by atoms with Crippen LogP contribution in [0.3, 0.4) is 0 Å². The van der Waals surface area contributed by atoms with Crippen molar-refractivity contribution in [3.8, 4) is 0 Å². The first kappa shape index (κ1) is 48.6. The van der Waals surface area contributed by atoms with Gasteiger partial charge in [0.25, 0.3) is 0 Å². The SMILES string of the molecule is CCCCCCCCB(CCCCCCCC)/C(CCCCCCCC)=[C](/CCCCCCCC)[Sn]([CH2]CCC)([CH2]CCC)[CH2]CCC. The Morgan fingerprint density at radius 1 is 0.312 bits per heavy atom. The molecule has 0 bridgehead atoms. The van der Waals surface area contributed by atoms with E-state index in [-0.39, 0.29) is 0 Å². The molecule has 0 aromatic carbocycles. The van der Waals surface area contributed by atoms with Crippen LogP contribution in [0.15, 0.2) is 9.06 Å². The van der Waals surface area contributed by atoms with Gasteiger partial charge in [-0.15, -0.1) is 0 Å². The van der Waals surface area contributed by atoms with Gasteiger partial charge in [-0.1, -0.05) is 0 Å². The Morgan fingerprint density at radius 2 is 0.604 bits per heavy atom. The zero-order valence-electron chi connectivity index (χ0n) is 35.2. The predicted molar refractivity (Wildman–Crippen MR) is 230 cm³/mol.